The minimum Gasteiger partial charge on any atom is -0.339 e. The second-order valence-electron chi connectivity index (χ2n) is 3.63. The Morgan fingerprint density at radius 1 is 1.22 bits per heavy atom. The first-order valence-electron chi connectivity index (χ1n) is 5.14. The van der Waals surface area contributed by atoms with Crippen LogP contribution in [-0.4, -0.2) is 9.97 Å². The second kappa shape index (κ2) is 4.84. The van der Waals surface area contributed by atoms with E-state index in [9.17, 15) is 0 Å². The lowest BCUT2D eigenvalue weighted by Crippen LogP contribution is -1.95. The van der Waals surface area contributed by atoms with Crippen molar-refractivity contribution in [2.24, 2.45) is 0 Å². The van der Waals surface area contributed by atoms with E-state index in [1.54, 1.807) is 11.3 Å². The van der Waals surface area contributed by atoms with Crippen molar-refractivity contribution in [2.75, 3.05) is 5.32 Å². The van der Waals surface area contributed by atoms with Gasteiger partial charge in [-0.05, 0) is 51.0 Å². The molecule has 0 amide bonds. The fourth-order valence-corrected chi connectivity index (χ4v) is 2.82. The second-order valence-corrected chi connectivity index (χ2v) is 5.72. The highest BCUT2D eigenvalue weighted by atomic mass is 79.9. The van der Waals surface area contributed by atoms with E-state index in [2.05, 4.69) is 54.8 Å². The van der Waals surface area contributed by atoms with Crippen LogP contribution in [0.2, 0.25) is 5.15 Å². The number of thiophene rings is 1. The molecule has 90 valence electrons. The van der Waals surface area contributed by atoms with E-state index in [1.807, 2.05) is 6.07 Å². The van der Waals surface area contributed by atoms with Crippen LogP contribution in [0.3, 0.4) is 0 Å². The predicted octanol–water partition coefficient (Wildman–Crippen LogP) is 4.85. The molecule has 2 heterocycles. The molecule has 6 heteroatoms. The maximum atomic E-state index is 5.92. The van der Waals surface area contributed by atoms with Gasteiger partial charge >= 0.3 is 0 Å². The highest BCUT2D eigenvalue weighted by Crippen LogP contribution is 2.30. The van der Waals surface area contributed by atoms with Gasteiger partial charge < -0.3 is 5.32 Å². The third-order valence-corrected chi connectivity index (χ3v) is 4.63. The first kappa shape index (κ1) is 11.9. The van der Waals surface area contributed by atoms with E-state index in [0.717, 1.165) is 5.69 Å². The Hall–Kier alpha value is -1.17. The molecule has 3 aromatic rings. The molecule has 18 heavy (non-hydrogen) atoms. The van der Waals surface area contributed by atoms with Crippen molar-refractivity contribution in [3.63, 3.8) is 0 Å². The molecule has 0 fully saturated rings. The summed E-state index contributed by atoms with van der Waals surface area (Å²) < 4.78 is 1.93. The zero-order valence-electron chi connectivity index (χ0n) is 9.02. The molecule has 3 nitrogen and oxygen atoms in total. The van der Waals surface area contributed by atoms with E-state index in [4.69, 9.17) is 11.6 Å². The van der Waals surface area contributed by atoms with Crippen molar-refractivity contribution in [3.05, 3.63) is 45.6 Å². The van der Waals surface area contributed by atoms with Gasteiger partial charge in [0.25, 0.3) is 0 Å². The van der Waals surface area contributed by atoms with Gasteiger partial charge in [-0.2, -0.15) is 0 Å². The van der Waals surface area contributed by atoms with Gasteiger partial charge in [-0.15, -0.1) is 11.3 Å². The molecule has 0 saturated carbocycles. The summed E-state index contributed by atoms with van der Waals surface area (Å²) in [4.78, 5) is 8.04. The topological polar surface area (TPSA) is 37.8 Å². The van der Waals surface area contributed by atoms with E-state index in [0.29, 0.717) is 15.4 Å². The highest BCUT2D eigenvalue weighted by molar-refractivity contribution is 9.10. The Labute approximate surface area is 121 Å². The van der Waals surface area contributed by atoms with Crippen molar-refractivity contribution in [1.29, 1.82) is 0 Å². The van der Waals surface area contributed by atoms with Gasteiger partial charge in [-0.1, -0.05) is 11.6 Å². The predicted molar refractivity (Wildman–Crippen MR) is 79.8 cm³/mol. The summed E-state index contributed by atoms with van der Waals surface area (Å²) in [5.41, 5.74) is 0.969. The maximum absolute atomic E-state index is 5.92. The third-order valence-electron chi connectivity index (χ3n) is 2.46. The van der Waals surface area contributed by atoms with Crippen molar-refractivity contribution in [1.82, 2.24) is 9.97 Å². The molecule has 1 aromatic carbocycles. The number of hydrogen-bond acceptors (Lipinski definition) is 4. The molecule has 3 rings (SSSR count). The first-order chi connectivity index (χ1) is 8.74. The summed E-state index contributed by atoms with van der Waals surface area (Å²) in [7, 11) is 0. The van der Waals surface area contributed by atoms with Gasteiger partial charge in [0.2, 0.25) is 0 Å². The summed E-state index contributed by atoms with van der Waals surface area (Å²) in [6.07, 6.45) is 1.43. The molecule has 0 aliphatic heterocycles. The van der Waals surface area contributed by atoms with Crippen LogP contribution in [0.4, 0.5) is 11.5 Å². The third kappa shape index (κ3) is 2.21. The Morgan fingerprint density at radius 2 is 2.11 bits per heavy atom. The van der Waals surface area contributed by atoms with Crippen LogP contribution < -0.4 is 5.32 Å². The van der Waals surface area contributed by atoms with Crippen molar-refractivity contribution >= 4 is 60.5 Å². The molecule has 0 aliphatic rings. The van der Waals surface area contributed by atoms with Gasteiger partial charge in [0.15, 0.2) is 0 Å². The maximum Gasteiger partial charge on any atom is 0.149 e. The largest absolute Gasteiger partial charge is 0.339 e. The number of benzene rings is 1. The van der Waals surface area contributed by atoms with Crippen LogP contribution in [0.5, 0.6) is 0 Å². The van der Waals surface area contributed by atoms with Crippen molar-refractivity contribution in [2.45, 2.75) is 0 Å². The Balaban J connectivity index is 1.98. The number of rotatable bonds is 2. The lowest BCUT2D eigenvalue weighted by molar-refractivity contribution is 1.15. The number of anilines is 2. The molecule has 2 aromatic heterocycles. The van der Waals surface area contributed by atoms with Gasteiger partial charge in [0, 0.05) is 10.4 Å². The van der Waals surface area contributed by atoms with Gasteiger partial charge in [0.1, 0.15) is 17.3 Å². The summed E-state index contributed by atoms with van der Waals surface area (Å²) >= 11 is 11.0. The lowest BCUT2D eigenvalue weighted by Gasteiger charge is -2.07. The summed E-state index contributed by atoms with van der Waals surface area (Å²) in [5.74, 6) is 0.657. The number of hydrogen-bond donors (Lipinski definition) is 1. The fourth-order valence-electron chi connectivity index (χ4n) is 1.62. The van der Waals surface area contributed by atoms with Crippen molar-refractivity contribution in [3.8, 4) is 0 Å². The normalized spacial score (nSPS) is 10.8. The molecular formula is C12H7BrClN3S. The van der Waals surface area contributed by atoms with E-state index in [-0.39, 0.29) is 0 Å². The summed E-state index contributed by atoms with van der Waals surface area (Å²) in [6, 6.07) is 8.27. The zero-order valence-corrected chi connectivity index (χ0v) is 12.2. The molecule has 0 unspecified atom stereocenters. The molecule has 0 atom stereocenters. The van der Waals surface area contributed by atoms with Gasteiger partial charge in [-0.25, -0.2) is 9.97 Å². The van der Waals surface area contributed by atoms with Crippen LogP contribution in [0.15, 0.2) is 40.4 Å². The number of aromatic nitrogens is 2. The zero-order chi connectivity index (χ0) is 12.5. The van der Waals surface area contributed by atoms with Crippen LogP contribution in [-0.2, 0) is 0 Å². The molecule has 1 N–H and O–H groups in total. The van der Waals surface area contributed by atoms with Gasteiger partial charge in [0.05, 0.1) is 4.47 Å². The minimum absolute atomic E-state index is 0.393. The van der Waals surface area contributed by atoms with Crippen LogP contribution in [0.1, 0.15) is 0 Å². The number of nitrogens with zero attached hydrogens (tertiary/aromatic N) is 2. The average molecular weight is 341 g/mol. The number of fused-ring (bicyclic) bond motifs is 1. The quantitative estimate of drug-likeness (QED) is 0.678. The lowest BCUT2D eigenvalue weighted by atomic mass is 10.2. The SMILES string of the molecule is Clc1ncnc(Nc2ccc3sccc3c2)c1Br. The Morgan fingerprint density at radius 3 is 3.00 bits per heavy atom. The van der Waals surface area contributed by atoms with Gasteiger partial charge in [-0.3, -0.25) is 0 Å². The molecule has 0 aliphatic carbocycles. The van der Waals surface area contributed by atoms with Crippen LogP contribution in [0.25, 0.3) is 10.1 Å². The standard InChI is InChI=1S/C12H7BrClN3S/c13-10-11(14)15-6-16-12(10)17-8-1-2-9-7(5-8)3-4-18-9/h1-6H,(H,15,16,17). The number of nitrogens with one attached hydrogen (secondary N) is 1. The first-order valence-corrected chi connectivity index (χ1v) is 7.19. The molecule has 0 saturated heterocycles. The van der Waals surface area contributed by atoms with E-state index < -0.39 is 0 Å². The monoisotopic (exact) mass is 339 g/mol. The highest BCUT2D eigenvalue weighted by Gasteiger charge is 2.07. The molecule has 0 bridgehead atoms. The molecular weight excluding hydrogens is 334 g/mol. The Kier molecular flexibility index (Phi) is 3.20. The van der Waals surface area contributed by atoms with Crippen molar-refractivity contribution < 1.29 is 0 Å². The van der Waals surface area contributed by atoms with Crippen LogP contribution in [0, 0.1) is 0 Å². The van der Waals surface area contributed by atoms with E-state index in [1.165, 1.54) is 16.4 Å². The fraction of sp³-hybridized carbons (Fsp3) is 0. The molecule has 0 spiro atoms. The van der Waals surface area contributed by atoms with Crippen LogP contribution >= 0.6 is 38.9 Å². The summed E-state index contributed by atoms with van der Waals surface area (Å²) in [5, 5.41) is 6.89. The number of halogens is 2. The summed E-state index contributed by atoms with van der Waals surface area (Å²) in [6.45, 7) is 0. The average Bonchev–Trinajstić information content (AvgIpc) is 2.82. The Bertz CT molecular complexity index is 713. The molecule has 0 radical (unpaired) electrons. The smallest absolute Gasteiger partial charge is 0.149 e. The minimum atomic E-state index is 0.393. The van der Waals surface area contributed by atoms with E-state index >= 15 is 0 Å².